The second-order valence-corrected chi connectivity index (χ2v) is 12.4. The van der Waals surface area contributed by atoms with E-state index in [1.165, 1.54) is 44.3 Å². The van der Waals surface area contributed by atoms with Crippen molar-refractivity contribution in [2.45, 2.75) is 4.90 Å². The number of hydrogen-bond donors (Lipinski definition) is 1. The average molecular weight is 603 g/mol. The number of aromatic amines is 1. The van der Waals surface area contributed by atoms with Gasteiger partial charge in [-0.3, -0.25) is 0 Å². The number of nitrogens with zero attached hydrogens (tertiary/aromatic N) is 1. The highest BCUT2D eigenvalue weighted by Gasteiger charge is 2.19. The fourth-order valence-electron chi connectivity index (χ4n) is 6.08. The molecule has 1 heterocycles. The van der Waals surface area contributed by atoms with Crippen LogP contribution in [0.5, 0.6) is 5.75 Å². The van der Waals surface area contributed by atoms with Gasteiger partial charge in [0.15, 0.2) is 0 Å². The summed E-state index contributed by atoms with van der Waals surface area (Å²) in [5.74, 6) is 0.919. The molecule has 1 aromatic heterocycles. The van der Waals surface area contributed by atoms with Gasteiger partial charge >= 0.3 is 10.1 Å². The first-order chi connectivity index (χ1) is 22.0. The summed E-state index contributed by atoms with van der Waals surface area (Å²) in [5.41, 5.74) is 6.90. The number of nitrogens with one attached hydrogen (secondary N) is 1. The van der Waals surface area contributed by atoms with E-state index in [0.29, 0.717) is 16.9 Å². The van der Waals surface area contributed by atoms with Gasteiger partial charge in [-0.25, -0.2) is 4.98 Å². The number of fused-ring (bicyclic) bond motifs is 3. The van der Waals surface area contributed by atoms with Crippen LogP contribution in [0.1, 0.15) is 0 Å². The number of hydrogen-bond acceptors (Lipinski definition) is 4. The van der Waals surface area contributed by atoms with Crippen LogP contribution < -0.4 is 4.18 Å². The lowest BCUT2D eigenvalue weighted by atomic mass is 9.86. The number of aromatic nitrogens is 2. The summed E-state index contributed by atoms with van der Waals surface area (Å²) in [4.78, 5) is 8.11. The van der Waals surface area contributed by atoms with E-state index < -0.39 is 10.1 Å². The Morgan fingerprint density at radius 1 is 0.511 bits per heavy atom. The molecular formula is C39H26N2O3S. The molecular weight excluding hydrogens is 577 g/mol. The summed E-state index contributed by atoms with van der Waals surface area (Å²) in [5, 5.41) is 4.80. The number of H-pyrrole nitrogens is 1. The van der Waals surface area contributed by atoms with Crippen LogP contribution in [0.25, 0.3) is 66.2 Å². The number of para-hydroxylation sites is 1. The van der Waals surface area contributed by atoms with Crippen molar-refractivity contribution in [3.05, 3.63) is 152 Å². The molecule has 0 saturated carbocycles. The van der Waals surface area contributed by atoms with Gasteiger partial charge in [0.2, 0.25) is 0 Å². The third kappa shape index (κ3) is 4.82. The molecule has 5 nitrogen and oxygen atoms in total. The average Bonchev–Trinajstić information content (AvgIpc) is 3.52. The van der Waals surface area contributed by atoms with Crippen LogP contribution in [0.3, 0.4) is 0 Å². The van der Waals surface area contributed by atoms with Crippen molar-refractivity contribution >= 4 is 42.7 Å². The highest BCUT2D eigenvalue weighted by atomic mass is 32.2. The molecule has 6 heteroatoms. The van der Waals surface area contributed by atoms with E-state index in [9.17, 15) is 8.42 Å². The molecule has 0 aliphatic heterocycles. The van der Waals surface area contributed by atoms with Crippen LogP contribution in [0.15, 0.2) is 157 Å². The summed E-state index contributed by atoms with van der Waals surface area (Å²) in [7, 11) is -4.00. The van der Waals surface area contributed by atoms with Crippen LogP contribution in [-0.2, 0) is 10.1 Å². The Morgan fingerprint density at radius 3 is 1.58 bits per heavy atom. The van der Waals surface area contributed by atoms with Crippen LogP contribution in [0, 0.1) is 0 Å². The van der Waals surface area contributed by atoms with Crippen molar-refractivity contribution in [2.75, 3.05) is 0 Å². The molecule has 1 N–H and O–H groups in total. The molecule has 0 spiro atoms. The lowest BCUT2D eigenvalue weighted by Crippen LogP contribution is -2.09. The fraction of sp³-hybridized carbons (Fsp3) is 0. The van der Waals surface area contributed by atoms with E-state index in [1.54, 1.807) is 42.5 Å². The van der Waals surface area contributed by atoms with E-state index in [0.717, 1.165) is 11.1 Å². The Balaban J connectivity index is 1.19. The van der Waals surface area contributed by atoms with Crippen LogP contribution >= 0.6 is 0 Å². The summed E-state index contributed by atoms with van der Waals surface area (Å²) >= 11 is 0. The van der Waals surface area contributed by atoms with E-state index in [2.05, 4.69) is 102 Å². The quantitative estimate of drug-likeness (QED) is 0.152. The van der Waals surface area contributed by atoms with Crippen molar-refractivity contribution in [2.24, 2.45) is 0 Å². The molecule has 8 aromatic rings. The van der Waals surface area contributed by atoms with Gasteiger partial charge in [0, 0.05) is 5.56 Å². The van der Waals surface area contributed by atoms with Gasteiger partial charge in [-0.15, -0.1) is 0 Å². The van der Waals surface area contributed by atoms with E-state index >= 15 is 0 Å². The molecule has 0 fully saturated rings. The van der Waals surface area contributed by atoms with Crippen LogP contribution in [-0.4, -0.2) is 18.4 Å². The molecule has 0 amide bonds. The molecule has 45 heavy (non-hydrogen) atoms. The molecule has 216 valence electrons. The molecule has 8 rings (SSSR count). The lowest BCUT2D eigenvalue weighted by Gasteiger charge is -2.17. The highest BCUT2D eigenvalue weighted by Crippen LogP contribution is 2.43. The largest absolute Gasteiger partial charge is 0.379 e. The minimum atomic E-state index is -4.00. The second-order valence-electron chi connectivity index (χ2n) is 10.9. The van der Waals surface area contributed by atoms with Gasteiger partial charge in [0.05, 0.1) is 11.0 Å². The first kappa shape index (κ1) is 26.9. The maximum Gasteiger partial charge on any atom is 0.339 e. The normalized spacial score (nSPS) is 11.7. The molecule has 0 radical (unpaired) electrons. The van der Waals surface area contributed by atoms with E-state index in [4.69, 9.17) is 9.17 Å². The molecule has 0 unspecified atom stereocenters. The highest BCUT2D eigenvalue weighted by molar-refractivity contribution is 7.87. The molecule has 0 saturated heterocycles. The van der Waals surface area contributed by atoms with Crippen molar-refractivity contribution in [3.63, 3.8) is 0 Å². The van der Waals surface area contributed by atoms with Crippen LogP contribution in [0.4, 0.5) is 0 Å². The van der Waals surface area contributed by atoms with Gasteiger partial charge in [0.1, 0.15) is 16.5 Å². The second kappa shape index (κ2) is 10.8. The SMILES string of the molecule is O=S(=O)(Oc1ccccc1)c1ccc2nc(-c3ccc(-c4c5ccccc5c(-c5ccccc5)c5ccccc45)cc3)[nH]c2c1. The fourth-order valence-corrected chi connectivity index (χ4v) is 7.04. The van der Waals surface area contributed by atoms with Crippen molar-refractivity contribution in [1.29, 1.82) is 0 Å². The minimum Gasteiger partial charge on any atom is -0.379 e. The van der Waals surface area contributed by atoms with Crippen molar-refractivity contribution in [3.8, 4) is 39.4 Å². The Kier molecular flexibility index (Phi) is 6.43. The van der Waals surface area contributed by atoms with Crippen molar-refractivity contribution < 1.29 is 12.6 Å². The van der Waals surface area contributed by atoms with Crippen LogP contribution in [0.2, 0.25) is 0 Å². The molecule has 0 bridgehead atoms. The lowest BCUT2D eigenvalue weighted by molar-refractivity contribution is 0.486. The summed E-state index contributed by atoms with van der Waals surface area (Å²) in [6.45, 7) is 0. The zero-order valence-electron chi connectivity index (χ0n) is 24.0. The summed E-state index contributed by atoms with van der Waals surface area (Å²) in [6, 6.07) is 49.4. The molecule has 0 aliphatic rings. The Bertz CT molecular complexity index is 2400. The third-order valence-corrected chi connectivity index (χ3v) is 9.38. The molecule has 7 aromatic carbocycles. The predicted molar refractivity (Wildman–Crippen MR) is 182 cm³/mol. The standard InChI is InChI=1S/C39H26N2O3S/c42-45(43,44-29-13-5-2-6-14-29)30-23-24-35-36(25-30)41-39(40-35)28-21-19-27(20-22-28)38-33-17-9-7-15-31(33)37(26-11-3-1-4-12-26)32-16-8-10-18-34(32)38/h1-25H,(H,40,41). The first-order valence-corrected chi connectivity index (χ1v) is 16.0. The Morgan fingerprint density at radius 2 is 1.00 bits per heavy atom. The Labute approximate surface area is 260 Å². The van der Waals surface area contributed by atoms with E-state index in [-0.39, 0.29) is 10.6 Å². The number of benzene rings is 7. The van der Waals surface area contributed by atoms with Gasteiger partial charge in [-0.05, 0) is 74.1 Å². The maximum atomic E-state index is 12.9. The third-order valence-electron chi connectivity index (χ3n) is 8.13. The molecule has 0 atom stereocenters. The zero-order chi connectivity index (χ0) is 30.4. The zero-order valence-corrected chi connectivity index (χ0v) is 24.8. The minimum absolute atomic E-state index is 0.0575. The molecule has 0 aliphatic carbocycles. The van der Waals surface area contributed by atoms with Gasteiger partial charge in [-0.2, -0.15) is 8.42 Å². The first-order valence-electron chi connectivity index (χ1n) is 14.6. The predicted octanol–water partition coefficient (Wildman–Crippen LogP) is 9.64. The maximum absolute atomic E-state index is 12.9. The van der Waals surface area contributed by atoms with E-state index in [1.807, 2.05) is 6.07 Å². The number of rotatable bonds is 6. The summed E-state index contributed by atoms with van der Waals surface area (Å²) in [6.07, 6.45) is 0. The smallest absolute Gasteiger partial charge is 0.339 e. The monoisotopic (exact) mass is 602 g/mol. The topological polar surface area (TPSA) is 72.1 Å². The number of imidazole rings is 1. The van der Waals surface area contributed by atoms with Crippen molar-refractivity contribution in [1.82, 2.24) is 9.97 Å². The Hall–Kier alpha value is -5.72. The van der Waals surface area contributed by atoms with Gasteiger partial charge in [0.25, 0.3) is 0 Å². The summed E-state index contributed by atoms with van der Waals surface area (Å²) < 4.78 is 31.2. The van der Waals surface area contributed by atoms with Gasteiger partial charge in [-0.1, -0.05) is 121 Å². The van der Waals surface area contributed by atoms with Gasteiger partial charge < -0.3 is 9.17 Å².